The van der Waals surface area contributed by atoms with E-state index in [9.17, 15) is 0 Å². The second-order valence-electron chi connectivity index (χ2n) is 0.206. The molecule has 0 atom stereocenters. The van der Waals surface area contributed by atoms with Crippen LogP contribution in [0, 0.1) is 0 Å². The summed E-state index contributed by atoms with van der Waals surface area (Å²) in [6.07, 6.45) is 0. The van der Waals surface area contributed by atoms with E-state index in [1.54, 1.807) is 4.94 Å². The van der Waals surface area contributed by atoms with Crippen LogP contribution in [-0.4, -0.2) is 5.21 Å². The van der Waals surface area contributed by atoms with Gasteiger partial charge in [0, 0.05) is 0 Å². The van der Waals surface area contributed by atoms with Crippen molar-refractivity contribution in [2.45, 2.75) is 0 Å². The Balaban J connectivity index is 1.97. The molecule has 3 N–H and O–H groups in total. The summed E-state index contributed by atoms with van der Waals surface area (Å²) in [5.74, 6) is 0. The molecule has 0 rings (SSSR count). The lowest BCUT2D eigenvalue weighted by Gasteiger charge is -1.76. The monoisotopic (exact) mass is 82.0 g/mol. The van der Waals surface area contributed by atoms with Gasteiger partial charge in [-0.2, -0.15) is 0 Å². The third kappa shape index (κ3) is 2.17. The molecule has 4 heavy (non-hydrogen) atoms. The smallest absolute Gasteiger partial charge is 0.00675 e. The molecule has 0 aromatic heterocycles. The van der Waals surface area contributed by atoms with Crippen molar-refractivity contribution in [3.05, 3.63) is 0 Å². The summed E-state index contributed by atoms with van der Waals surface area (Å²) in [5.41, 5.74) is 1.45. The fraction of sp³-hybridized carbons (Fsp3) is 0. The quantitative estimate of drug-likeness (QED) is 0.299. The highest BCUT2D eigenvalue weighted by Crippen LogP contribution is 1.39. The zero-order chi connectivity index (χ0) is 3.41. The molecule has 0 spiro atoms. The van der Waals surface area contributed by atoms with Gasteiger partial charge in [0.15, 0.2) is 0 Å². The number of hydrogen-bond acceptors (Lipinski definition) is 3. The molecule has 0 saturated carbocycles. The molecule has 26 valence electrons. The molecule has 0 aliphatic rings. The van der Waals surface area contributed by atoms with E-state index in [1.165, 1.54) is 5.59 Å². The maximum Gasteiger partial charge on any atom is -0.00675 e. The molecule has 4 heteroatoms. The Kier molecular flexibility index (Phi) is 3.30. The van der Waals surface area contributed by atoms with E-state index in [0.29, 0.717) is 0 Å². The van der Waals surface area contributed by atoms with E-state index in [-0.39, 0.29) is 0 Å². The highest BCUT2D eigenvalue weighted by atomic mass is 35.5. The molecule has 0 aromatic carbocycles. The van der Waals surface area contributed by atoms with Crippen LogP contribution >= 0.6 is 11.8 Å². The Morgan fingerprint density at radius 1 is 1.75 bits per heavy atom. The summed E-state index contributed by atoms with van der Waals surface area (Å²) >= 11 is 4.57. The molecular formula is H3ClN2O. The lowest BCUT2D eigenvalue weighted by Crippen LogP contribution is -2.16. The standard InChI is InChI=1S/ClH3N2O/c1-2-3-4/h2-4H. The van der Waals surface area contributed by atoms with Gasteiger partial charge in [-0.1, -0.05) is 0 Å². The molecule has 0 radical (unpaired) electrons. The maximum atomic E-state index is 7.38. The minimum absolute atomic E-state index is 1.45. The van der Waals surface area contributed by atoms with Gasteiger partial charge in [0.05, 0.1) is 0 Å². The Morgan fingerprint density at radius 3 is 2.00 bits per heavy atom. The molecule has 0 amide bonds. The fourth-order valence-electron chi connectivity index (χ4n) is 0. The third-order valence-corrected chi connectivity index (χ3v) is 0.127. The average molecular weight is 82.5 g/mol. The van der Waals surface area contributed by atoms with Crippen LogP contribution in [0.1, 0.15) is 0 Å². The minimum Gasteiger partial charge on any atom is -0.301 e. The molecule has 0 heterocycles. The molecule has 0 bridgehead atoms. The zero-order valence-corrected chi connectivity index (χ0v) is 2.58. The van der Waals surface area contributed by atoms with Crippen molar-refractivity contribution >= 4 is 11.8 Å². The van der Waals surface area contributed by atoms with Crippen molar-refractivity contribution in [1.29, 1.82) is 0 Å². The first kappa shape index (κ1) is 4.17. The zero-order valence-electron chi connectivity index (χ0n) is 1.83. The average Bonchev–Trinajstić information content (AvgIpc) is 1.37. The number of hydrogen-bond donors (Lipinski definition) is 3. The summed E-state index contributed by atoms with van der Waals surface area (Å²) in [6, 6.07) is 0. The van der Waals surface area contributed by atoms with Gasteiger partial charge in [-0.3, -0.25) is 0 Å². The van der Waals surface area contributed by atoms with Crippen LogP contribution in [0.3, 0.4) is 0 Å². The summed E-state index contributed by atoms with van der Waals surface area (Å²) in [7, 11) is 0. The second-order valence-corrected chi connectivity index (χ2v) is 0.395. The van der Waals surface area contributed by atoms with Gasteiger partial charge in [-0.25, -0.2) is 0 Å². The molecule has 3 nitrogen and oxygen atoms in total. The normalized spacial score (nSPS) is 7.50. The molecule has 0 saturated heterocycles. The highest BCUT2D eigenvalue weighted by molar-refractivity contribution is 6.12. The molecular weight excluding hydrogens is 79.5 g/mol. The van der Waals surface area contributed by atoms with Crippen LogP contribution in [0.5, 0.6) is 0 Å². The van der Waals surface area contributed by atoms with Gasteiger partial charge in [-0.05, 0) is 11.8 Å². The van der Waals surface area contributed by atoms with Crippen molar-refractivity contribution < 1.29 is 5.21 Å². The van der Waals surface area contributed by atoms with E-state index in [1.807, 2.05) is 0 Å². The van der Waals surface area contributed by atoms with Gasteiger partial charge in [0.1, 0.15) is 0 Å². The SMILES string of the molecule is ONNCl. The van der Waals surface area contributed by atoms with Gasteiger partial charge in [0.25, 0.3) is 0 Å². The van der Waals surface area contributed by atoms with Gasteiger partial charge in [0.2, 0.25) is 0 Å². The van der Waals surface area contributed by atoms with Gasteiger partial charge < -0.3 is 5.21 Å². The predicted molar refractivity (Wildman–Crippen MR) is 13.9 cm³/mol. The van der Waals surface area contributed by atoms with Crippen LogP contribution < -0.4 is 10.5 Å². The minimum atomic E-state index is 1.45. The highest BCUT2D eigenvalue weighted by Gasteiger charge is 1.48. The van der Waals surface area contributed by atoms with Crippen LogP contribution in [0.25, 0.3) is 0 Å². The van der Waals surface area contributed by atoms with Crippen molar-refractivity contribution in [2.24, 2.45) is 0 Å². The molecule has 0 aromatic rings. The summed E-state index contributed by atoms with van der Waals surface area (Å²) in [5, 5.41) is 7.38. The van der Waals surface area contributed by atoms with E-state index < -0.39 is 0 Å². The summed E-state index contributed by atoms with van der Waals surface area (Å²) in [4.78, 5) is 1.71. The summed E-state index contributed by atoms with van der Waals surface area (Å²) in [6.45, 7) is 0. The van der Waals surface area contributed by atoms with E-state index >= 15 is 0 Å². The van der Waals surface area contributed by atoms with Crippen LogP contribution in [0.4, 0.5) is 0 Å². The van der Waals surface area contributed by atoms with Crippen LogP contribution in [0.2, 0.25) is 0 Å². The van der Waals surface area contributed by atoms with Crippen LogP contribution in [-0.2, 0) is 0 Å². The van der Waals surface area contributed by atoms with Crippen molar-refractivity contribution in [2.75, 3.05) is 0 Å². The lowest BCUT2D eigenvalue weighted by molar-refractivity contribution is 0.150. The van der Waals surface area contributed by atoms with Crippen molar-refractivity contribution in [3.63, 3.8) is 0 Å². The number of halogens is 1. The largest absolute Gasteiger partial charge is 0.301 e. The summed E-state index contributed by atoms with van der Waals surface area (Å²) < 4.78 is 0. The Morgan fingerprint density at radius 2 is 2.00 bits per heavy atom. The maximum absolute atomic E-state index is 7.38. The van der Waals surface area contributed by atoms with E-state index in [4.69, 9.17) is 5.21 Å². The molecule has 0 aliphatic carbocycles. The first-order valence-electron chi connectivity index (χ1n) is 0.663. The predicted octanol–water partition coefficient (Wildman–Crippen LogP) is -0.376. The first-order valence-corrected chi connectivity index (χ1v) is 1.04. The number of nitrogens with one attached hydrogen (secondary N) is 2. The van der Waals surface area contributed by atoms with E-state index in [2.05, 4.69) is 11.8 Å². The molecule has 0 unspecified atom stereocenters. The lowest BCUT2D eigenvalue weighted by atomic mass is 12.8. The Bertz CT molecular complexity index is 8.00. The number of rotatable bonds is 1. The first-order chi connectivity index (χ1) is 1.91. The second kappa shape index (κ2) is 3.17. The van der Waals surface area contributed by atoms with E-state index in [0.717, 1.165) is 0 Å². The molecule has 0 fully saturated rings. The molecule has 0 aliphatic heterocycles. The van der Waals surface area contributed by atoms with Gasteiger partial charge >= 0.3 is 0 Å². The van der Waals surface area contributed by atoms with Gasteiger partial charge in [-0.15, -0.1) is 10.5 Å². The fourth-order valence-corrected chi connectivity index (χ4v) is 0. The van der Waals surface area contributed by atoms with Crippen molar-refractivity contribution in [1.82, 2.24) is 10.5 Å². The topological polar surface area (TPSA) is 44.3 Å². The van der Waals surface area contributed by atoms with Crippen LogP contribution in [0.15, 0.2) is 0 Å². The number of hydrazine groups is 1. The Labute approximate surface area is 28.6 Å². The van der Waals surface area contributed by atoms with Crippen molar-refractivity contribution in [3.8, 4) is 0 Å². The third-order valence-electron chi connectivity index (χ3n) is 0.0423. The Hall–Kier alpha value is 0.170.